The highest BCUT2D eigenvalue weighted by molar-refractivity contribution is 7.80. The molecule has 29 heavy (non-hydrogen) atoms. The Hall–Kier alpha value is -3.36. The van der Waals surface area contributed by atoms with Gasteiger partial charge in [-0.2, -0.15) is 0 Å². The summed E-state index contributed by atoms with van der Waals surface area (Å²) < 4.78 is 15.9. The third kappa shape index (κ3) is 5.13. The molecule has 0 saturated heterocycles. The van der Waals surface area contributed by atoms with Gasteiger partial charge in [-0.25, -0.2) is 0 Å². The minimum Gasteiger partial charge on any atom is -0.497 e. The number of thiocarbonyl (C=S) groups is 1. The fourth-order valence-electron chi connectivity index (χ4n) is 2.61. The molecule has 0 aliphatic rings. The largest absolute Gasteiger partial charge is 0.497 e. The highest BCUT2D eigenvalue weighted by Gasteiger charge is 2.12. The maximum absolute atomic E-state index is 12.5. The average molecular weight is 412 g/mol. The Balaban J connectivity index is 1.64. The van der Waals surface area contributed by atoms with Gasteiger partial charge in [0.1, 0.15) is 29.6 Å². The van der Waals surface area contributed by atoms with Gasteiger partial charge in [0, 0.05) is 22.9 Å². The van der Waals surface area contributed by atoms with E-state index in [-0.39, 0.29) is 17.6 Å². The summed E-state index contributed by atoms with van der Waals surface area (Å²) >= 11 is 5.23. The zero-order valence-corrected chi connectivity index (χ0v) is 16.7. The smallest absolute Gasteiger partial charge is 0.257 e. The second-order valence-corrected chi connectivity index (χ2v) is 6.42. The Morgan fingerprint density at radius 2 is 1.69 bits per heavy atom. The van der Waals surface area contributed by atoms with Crippen molar-refractivity contribution >= 4 is 28.9 Å². The van der Waals surface area contributed by atoms with Crippen molar-refractivity contribution in [3.05, 3.63) is 65.9 Å². The minimum atomic E-state index is -0.386. The Bertz CT molecular complexity index is 992. The molecule has 1 amide bonds. The molecule has 3 aromatic rings. The van der Waals surface area contributed by atoms with Crippen LogP contribution in [-0.2, 0) is 6.61 Å². The van der Waals surface area contributed by atoms with Gasteiger partial charge >= 0.3 is 0 Å². The van der Waals surface area contributed by atoms with E-state index in [1.807, 2.05) is 24.3 Å². The number of amides is 1. The van der Waals surface area contributed by atoms with E-state index in [9.17, 15) is 4.79 Å². The van der Waals surface area contributed by atoms with Crippen LogP contribution in [0.15, 0.2) is 59.0 Å². The van der Waals surface area contributed by atoms with Crippen molar-refractivity contribution < 1.29 is 23.8 Å². The van der Waals surface area contributed by atoms with Gasteiger partial charge in [-0.1, -0.05) is 0 Å². The lowest BCUT2D eigenvalue weighted by Gasteiger charge is -2.11. The summed E-state index contributed by atoms with van der Waals surface area (Å²) in [7, 11) is 3.03. The van der Waals surface area contributed by atoms with Crippen LogP contribution in [-0.4, -0.2) is 30.3 Å². The lowest BCUT2D eigenvalue weighted by Crippen LogP contribution is -2.34. The second-order valence-electron chi connectivity index (χ2n) is 6.01. The number of hydrogen-bond donors (Lipinski definition) is 3. The number of rotatable bonds is 6. The molecular weight excluding hydrogens is 392 g/mol. The predicted molar refractivity (Wildman–Crippen MR) is 113 cm³/mol. The van der Waals surface area contributed by atoms with Crippen molar-refractivity contribution in [2.75, 3.05) is 19.5 Å². The number of carbonyl (C=O) groups is 1. The van der Waals surface area contributed by atoms with E-state index >= 15 is 0 Å². The third-order valence-electron chi connectivity index (χ3n) is 4.09. The molecule has 8 heteroatoms. The molecule has 2 aromatic carbocycles. The fraction of sp³-hybridized carbons (Fsp3) is 0.143. The Labute approximate surface area is 173 Å². The van der Waals surface area contributed by atoms with Gasteiger partial charge in [0.2, 0.25) is 0 Å². The number of nitrogens with one attached hydrogen (secondary N) is 2. The predicted octanol–water partition coefficient (Wildman–Crippen LogP) is 3.58. The van der Waals surface area contributed by atoms with Crippen LogP contribution in [0.2, 0.25) is 0 Å². The van der Waals surface area contributed by atoms with Crippen molar-refractivity contribution in [2.45, 2.75) is 6.61 Å². The van der Waals surface area contributed by atoms with Gasteiger partial charge in [0.15, 0.2) is 5.11 Å². The Morgan fingerprint density at radius 1 is 1.03 bits per heavy atom. The normalized spacial score (nSPS) is 10.3. The molecule has 3 N–H and O–H groups in total. The van der Waals surface area contributed by atoms with Crippen LogP contribution in [0.3, 0.4) is 0 Å². The molecule has 3 rings (SSSR count). The summed E-state index contributed by atoms with van der Waals surface area (Å²) in [6, 6.07) is 15.7. The van der Waals surface area contributed by atoms with E-state index in [0.717, 1.165) is 5.56 Å². The molecule has 0 aliphatic carbocycles. The summed E-state index contributed by atoms with van der Waals surface area (Å²) in [6.45, 7) is -0.146. The van der Waals surface area contributed by atoms with E-state index in [1.54, 1.807) is 30.3 Å². The Kier molecular flexibility index (Phi) is 6.48. The number of aliphatic hydroxyl groups is 1. The van der Waals surface area contributed by atoms with Gasteiger partial charge in [-0.15, -0.1) is 0 Å². The molecule has 0 atom stereocenters. The van der Waals surface area contributed by atoms with E-state index in [1.165, 1.54) is 14.2 Å². The number of ether oxygens (including phenoxy) is 2. The molecule has 0 saturated carbocycles. The standard InChI is InChI=1S/C21H20N2O5S/c1-26-17-9-14(10-18(11-17)27-2)20(25)23-21(29)22-15-5-3-13(4-6-15)19-8-7-16(12-24)28-19/h3-11,24H,12H2,1-2H3,(H2,22,23,25,29). The van der Waals surface area contributed by atoms with Crippen LogP contribution >= 0.6 is 12.2 Å². The maximum atomic E-state index is 12.5. The highest BCUT2D eigenvalue weighted by Crippen LogP contribution is 2.24. The molecule has 0 bridgehead atoms. The minimum absolute atomic E-state index is 0.146. The van der Waals surface area contributed by atoms with Crippen molar-refractivity contribution in [3.8, 4) is 22.8 Å². The first kappa shape index (κ1) is 20.4. The first-order valence-electron chi connectivity index (χ1n) is 8.68. The van der Waals surface area contributed by atoms with Gasteiger partial charge < -0.3 is 24.3 Å². The quantitative estimate of drug-likeness (QED) is 0.533. The van der Waals surface area contributed by atoms with Crippen molar-refractivity contribution in [1.29, 1.82) is 0 Å². The van der Waals surface area contributed by atoms with E-state index < -0.39 is 0 Å². The SMILES string of the molecule is COc1cc(OC)cc(C(=O)NC(=S)Nc2ccc(-c3ccc(CO)o3)cc2)c1. The van der Waals surface area contributed by atoms with Crippen molar-refractivity contribution in [1.82, 2.24) is 5.32 Å². The first-order valence-corrected chi connectivity index (χ1v) is 9.08. The molecule has 0 spiro atoms. The van der Waals surface area contributed by atoms with E-state index in [4.69, 9.17) is 31.2 Å². The van der Waals surface area contributed by atoms with Gasteiger partial charge in [-0.3, -0.25) is 10.1 Å². The maximum Gasteiger partial charge on any atom is 0.257 e. The first-order chi connectivity index (χ1) is 14.0. The summed E-state index contributed by atoms with van der Waals surface area (Å²) in [5.74, 6) is 1.78. The van der Waals surface area contributed by atoms with Crippen molar-refractivity contribution in [2.24, 2.45) is 0 Å². The number of furan rings is 1. The summed E-state index contributed by atoms with van der Waals surface area (Å²) in [4.78, 5) is 12.5. The summed E-state index contributed by atoms with van der Waals surface area (Å²) in [5, 5.41) is 14.8. The fourth-order valence-corrected chi connectivity index (χ4v) is 2.82. The number of hydrogen-bond acceptors (Lipinski definition) is 6. The molecule has 0 aliphatic heterocycles. The van der Waals surface area contributed by atoms with E-state index in [2.05, 4.69) is 10.6 Å². The third-order valence-corrected chi connectivity index (χ3v) is 4.29. The zero-order chi connectivity index (χ0) is 20.8. The average Bonchev–Trinajstić information content (AvgIpc) is 3.23. The molecular formula is C21H20N2O5S. The highest BCUT2D eigenvalue weighted by atomic mass is 32.1. The van der Waals surface area contributed by atoms with Crippen LogP contribution in [0.1, 0.15) is 16.1 Å². The molecule has 0 fully saturated rings. The summed E-state index contributed by atoms with van der Waals surface area (Å²) in [5.41, 5.74) is 1.92. The molecule has 1 heterocycles. The van der Waals surface area contributed by atoms with Gasteiger partial charge in [0.05, 0.1) is 14.2 Å². The van der Waals surface area contributed by atoms with Crippen LogP contribution < -0.4 is 20.1 Å². The lowest BCUT2D eigenvalue weighted by atomic mass is 10.1. The van der Waals surface area contributed by atoms with E-state index in [0.29, 0.717) is 34.3 Å². The zero-order valence-electron chi connectivity index (χ0n) is 15.9. The molecule has 0 unspecified atom stereocenters. The van der Waals surface area contributed by atoms with Crippen LogP contribution in [0.25, 0.3) is 11.3 Å². The van der Waals surface area contributed by atoms with Gasteiger partial charge in [0.25, 0.3) is 5.91 Å². The number of benzene rings is 2. The van der Waals surface area contributed by atoms with Crippen LogP contribution in [0.5, 0.6) is 11.5 Å². The summed E-state index contributed by atoms with van der Waals surface area (Å²) in [6.07, 6.45) is 0. The molecule has 1 aromatic heterocycles. The van der Waals surface area contributed by atoms with Gasteiger partial charge in [-0.05, 0) is 60.7 Å². The lowest BCUT2D eigenvalue weighted by molar-refractivity contribution is 0.0977. The number of carbonyl (C=O) groups excluding carboxylic acids is 1. The molecule has 150 valence electrons. The van der Waals surface area contributed by atoms with Crippen molar-refractivity contribution in [3.63, 3.8) is 0 Å². The number of aliphatic hydroxyl groups excluding tert-OH is 1. The number of anilines is 1. The Morgan fingerprint density at radius 3 is 2.24 bits per heavy atom. The molecule has 0 radical (unpaired) electrons. The van der Waals surface area contributed by atoms with Crippen LogP contribution in [0, 0.1) is 0 Å². The topological polar surface area (TPSA) is 93.0 Å². The second kappa shape index (κ2) is 9.22. The monoisotopic (exact) mass is 412 g/mol. The van der Waals surface area contributed by atoms with Crippen LogP contribution in [0.4, 0.5) is 5.69 Å². The molecule has 7 nitrogen and oxygen atoms in total. The number of methoxy groups -OCH3 is 2.